The zero-order chi connectivity index (χ0) is 22.5. The third-order valence-electron chi connectivity index (χ3n) is 4.11. The summed E-state index contributed by atoms with van der Waals surface area (Å²) in [5.74, 6) is -0.0820. The second-order valence-corrected chi connectivity index (χ2v) is 8.18. The maximum Gasteiger partial charge on any atom is 0.293 e. The Morgan fingerprint density at radius 2 is 1.81 bits per heavy atom. The first kappa shape index (κ1) is 21.8. The van der Waals surface area contributed by atoms with Crippen LogP contribution in [0.2, 0.25) is 10.0 Å². The molecular weight excluding hydrogens is 475 g/mol. The number of hydrogen-bond acceptors (Lipinski definition) is 9. The molecule has 0 radical (unpaired) electrons. The van der Waals surface area contributed by atoms with Crippen LogP contribution in [0.15, 0.2) is 63.2 Å². The van der Waals surface area contributed by atoms with Gasteiger partial charge in [-0.2, -0.15) is 9.78 Å². The number of thioether (sulfide) groups is 1. The van der Waals surface area contributed by atoms with Gasteiger partial charge in [0, 0.05) is 20.7 Å². The van der Waals surface area contributed by atoms with Gasteiger partial charge in [0.05, 0.1) is 11.9 Å². The largest absolute Gasteiger partial charge is 0.378 e. The molecule has 3 N–H and O–H groups in total. The lowest BCUT2D eigenvalue weighted by atomic mass is 10.2. The van der Waals surface area contributed by atoms with E-state index in [-0.39, 0.29) is 17.3 Å². The maximum atomic E-state index is 12.8. The molecule has 0 aliphatic carbocycles. The number of amides is 1. The summed E-state index contributed by atoms with van der Waals surface area (Å²) in [5.41, 5.74) is 9.50. The Labute approximate surface area is 195 Å². The second-order valence-electron chi connectivity index (χ2n) is 6.26. The number of aromatic nitrogens is 5. The van der Waals surface area contributed by atoms with E-state index in [2.05, 4.69) is 35.8 Å². The summed E-state index contributed by atoms with van der Waals surface area (Å²) in [7, 11) is 0. The molecule has 32 heavy (non-hydrogen) atoms. The molecule has 0 bridgehead atoms. The fraction of sp³-hybridized carbons (Fsp3) is 0.0526. The van der Waals surface area contributed by atoms with E-state index in [9.17, 15) is 4.79 Å². The van der Waals surface area contributed by atoms with E-state index in [1.165, 1.54) is 22.7 Å². The Morgan fingerprint density at radius 1 is 1.12 bits per heavy atom. The Hall–Kier alpha value is -3.41. The third-order valence-corrected chi connectivity index (χ3v) is 5.64. The first-order valence-electron chi connectivity index (χ1n) is 9.01. The first-order valence-corrected chi connectivity index (χ1v) is 10.8. The van der Waals surface area contributed by atoms with E-state index >= 15 is 0 Å². The molecule has 2 aromatic heterocycles. The Balaban J connectivity index is 1.56. The minimum absolute atomic E-state index is 0.0142. The summed E-state index contributed by atoms with van der Waals surface area (Å²) >= 11 is 13.3. The van der Waals surface area contributed by atoms with Crippen molar-refractivity contribution in [3.8, 4) is 5.82 Å². The number of nitrogens with one attached hydrogen (secondary N) is 1. The molecule has 0 unspecified atom stereocenters. The van der Waals surface area contributed by atoms with Crippen LogP contribution in [0.3, 0.4) is 0 Å². The molecule has 0 spiro atoms. The number of benzene rings is 2. The van der Waals surface area contributed by atoms with E-state index < -0.39 is 5.91 Å². The lowest BCUT2D eigenvalue weighted by Crippen LogP contribution is -2.20. The number of halogens is 2. The number of carbonyl (C=O) groups is 1. The van der Waals surface area contributed by atoms with Crippen LogP contribution in [-0.2, 0) is 5.75 Å². The van der Waals surface area contributed by atoms with Gasteiger partial charge in [-0.05, 0) is 52.3 Å². The van der Waals surface area contributed by atoms with Crippen molar-refractivity contribution in [2.75, 3.05) is 5.73 Å². The molecular formula is C19H14Cl2N8O2S. The number of hydrazone groups is 1. The van der Waals surface area contributed by atoms with Gasteiger partial charge in [0.2, 0.25) is 11.6 Å². The summed E-state index contributed by atoms with van der Waals surface area (Å²) < 4.78 is 5.97. The Kier molecular flexibility index (Phi) is 6.69. The number of nitrogen functional groups attached to an aromatic ring is 1. The van der Waals surface area contributed by atoms with Crippen LogP contribution in [0.25, 0.3) is 5.82 Å². The summed E-state index contributed by atoms with van der Waals surface area (Å²) in [4.78, 5) is 13.7. The molecule has 0 aliphatic heterocycles. The predicted octanol–water partition coefficient (Wildman–Crippen LogP) is 3.60. The molecule has 2 aromatic carbocycles. The van der Waals surface area contributed by atoms with Crippen molar-refractivity contribution in [2.45, 2.75) is 10.6 Å². The minimum Gasteiger partial charge on any atom is -0.378 e. The Bertz CT molecular complexity index is 1260. The van der Waals surface area contributed by atoms with Gasteiger partial charge in [-0.3, -0.25) is 4.79 Å². The van der Waals surface area contributed by atoms with Crippen LogP contribution in [0.4, 0.5) is 5.82 Å². The molecule has 0 fully saturated rings. The van der Waals surface area contributed by atoms with Crippen molar-refractivity contribution in [3.05, 3.63) is 75.5 Å². The SMILES string of the molecule is Nc1nonc1-n1nnc(C(=O)N/N=C/c2ccc(Cl)cc2)c1CSc1ccc(Cl)cc1. The van der Waals surface area contributed by atoms with Crippen molar-refractivity contribution < 1.29 is 9.42 Å². The minimum atomic E-state index is -0.553. The summed E-state index contributed by atoms with van der Waals surface area (Å²) in [5, 5.41) is 20.5. The molecule has 0 atom stereocenters. The van der Waals surface area contributed by atoms with Crippen molar-refractivity contribution >= 4 is 52.9 Å². The first-order chi connectivity index (χ1) is 15.5. The number of nitrogens with two attached hydrogens (primary N) is 1. The topological polar surface area (TPSA) is 137 Å². The van der Waals surface area contributed by atoms with Gasteiger partial charge >= 0.3 is 0 Å². The molecule has 2 heterocycles. The number of rotatable bonds is 7. The van der Waals surface area contributed by atoms with Crippen LogP contribution < -0.4 is 11.2 Å². The molecule has 0 aliphatic rings. The average molecular weight is 489 g/mol. The van der Waals surface area contributed by atoms with Crippen LogP contribution in [-0.4, -0.2) is 37.4 Å². The highest BCUT2D eigenvalue weighted by atomic mass is 35.5. The standard InChI is InChI=1S/C19H14Cl2N8O2S/c20-12-3-1-11(2-4-12)9-23-25-19(30)16-15(10-32-14-7-5-13(21)6-8-14)29(28-24-16)18-17(22)26-31-27-18/h1-9H,10H2,(H2,22,26)(H,25,30)/b23-9+. The summed E-state index contributed by atoms with van der Waals surface area (Å²) in [6, 6.07) is 14.3. The molecule has 4 rings (SSSR count). The van der Waals surface area contributed by atoms with Gasteiger partial charge in [0.15, 0.2) is 5.69 Å². The molecule has 10 nitrogen and oxygen atoms in total. The fourth-order valence-electron chi connectivity index (χ4n) is 2.57. The predicted molar refractivity (Wildman–Crippen MR) is 121 cm³/mol. The van der Waals surface area contributed by atoms with Gasteiger partial charge < -0.3 is 5.73 Å². The Morgan fingerprint density at radius 3 is 2.47 bits per heavy atom. The highest BCUT2D eigenvalue weighted by Crippen LogP contribution is 2.27. The molecule has 0 saturated heterocycles. The van der Waals surface area contributed by atoms with Crippen molar-refractivity contribution in [3.63, 3.8) is 0 Å². The van der Waals surface area contributed by atoms with Crippen molar-refractivity contribution in [1.82, 2.24) is 30.7 Å². The van der Waals surface area contributed by atoms with Gasteiger partial charge in [-0.1, -0.05) is 40.5 Å². The highest BCUT2D eigenvalue weighted by molar-refractivity contribution is 7.98. The number of nitrogens with zero attached hydrogens (tertiary/aromatic N) is 6. The van der Waals surface area contributed by atoms with E-state index in [1.807, 2.05) is 12.1 Å². The quantitative estimate of drug-likeness (QED) is 0.228. The number of carbonyl (C=O) groups excluding carboxylic acids is 1. The zero-order valence-electron chi connectivity index (χ0n) is 16.1. The monoisotopic (exact) mass is 488 g/mol. The highest BCUT2D eigenvalue weighted by Gasteiger charge is 2.24. The van der Waals surface area contributed by atoms with Gasteiger partial charge in [-0.25, -0.2) is 10.1 Å². The van der Waals surface area contributed by atoms with Crippen LogP contribution in [0, 0.1) is 0 Å². The zero-order valence-corrected chi connectivity index (χ0v) is 18.5. The van der Waals surface area contributed by atoms with Crippen molar-refractivity contribution in [1.29, 1.82) is 0 Å². The number of hydrogen-bond donors (Lipinski definition) is 2. The van der Waals surface area contributed by atoms with Gasteiger partial charge in [0.1, 0.15) is 0 Å². The fourth-order valence-corrected chi connectivity index (χ4v) is 3.71. The van der Waals surface area contributed by atoms with E-state index in [1.54, 1.807) is 36.4 Å². The van der Waals surface area contributed by atoms with E-state index in [0.717, 1.165) is 10.5 Å². The second kappa shape index (κ2) is 9.81. The summed E-state index contributed by atoms with van der Waals surface area (Å²) in [6.45, 7) is 0. The van der Waals surface area contributed by atoms with Crippen LogP contribution in [0.1, 0.15) is 21.7 Å². The van der Waals surface area contributed by atoms with Crippen LogP contribution >= 0.6 is 35.0 Å². The third kappa shape index (κ3) is 5.07. The summed E-state index contributed by atoms with van der Waals surface area (Å²) in [6.07, 6.45) is 1.49. The molecule has 1 amide bonds. The average Bonchev–Trinajstić information content (AvgIpc) is 3.40. The molecule has 162 valence electrons. The van der Waals surface area contributed by atoms with E-state index in [0.29, 0.717) is 21.5 Å². The number of anilines is 1. The maximum absolute atomic E-state index is 12.8. The van der Waals surface area contributed by atoms with Crippen molar-refractivity contribution in [2.24, 2.45) is 5.10 Å². The normalized spacial score (nSPS) is 11.2. The lowest BCUT2D eigenvalue weighted by molar-refractivity contribution is 0.0949. The lowest BCUT2D eigenvalue weighted by Gasteiger charge is -2.06. The smallest absolute Gasteiger partial charge is 0.293 e. The van der Waals surface area contributed by atoms with E-state index in [4.69, 9.17) is 28.9 Å². The molecule has 13 heteroatoms. The molecule has 4 aromatic rings. The van der Waals surface area contributed by atoms with Gasteiger partial charge in [0.25, 0.3) is 5.91 Å². The molecule has 0 saturated carbocycles. The van der Waals surface area contributed by atoms with Gasteiger partial charge in [-0.15, -0.1) is 16.9 Å². The van der Waals surface area contributed by atoms with Crippen LogP contribution in [0.5, 0.6) is 0 Å².